The predicted octanol–water partition coefficient (Wildman–Crippen LogP) is -0.732. The summed E-state index contributed by atoms with van der Waals surface area (Å²) in [6.45, 7) is 1.68. The number of aromatic nitrogens is 2. The second-order valence-electron chi connectivity index (χ2n) is 3.39. The van der Waals surface area contributed by atoms with Crippen LogP contribution in [0.4, 0.5) is 0 Å². The van der Waals surface area contributed by atoms with E-state index < -0.39 is 0 Å². The Morgan fingerprint density at radius 1 is 1.80 bits per heavy atom. The number of ether oxygens (including phenoxy) is 1. The Morgan fingerprint density at radius 3 is 3.33 bits per heavy atom. The molecule has 0 aliphatic carbocycles. The first kappa shape index (κ1) is 10.1. The van der Waals surface area contributed by atoms with Crippen LogP contribution in [0.3, 0.4) is 0 Å². The number of H-pyrrole nitrogens is 1. The highest BCUT2D eigenvalue weighted by molar-refractivity contribution is 5.78. The summed E-state index contributed by atoms with van der Waals surface area (Å²) in [6.07, 6.45) is 1.66. The first-order valence-corrected chi connectivity index (χ1v) is 4.89. The van der Waals surface area contributed by atoms with Gasteiger partial charge in [0.25, 0.3) is 0 Å². The van der Waals surface area contributed by atoms with E-state index in [1.54, 1.807) is 11.1 Å². The molecule has 0 radical (unpaired) electrons. The zero-order chi connectivity index (χ0) is 10.7. The van der Waals surface area contributed by atoms with E-state index in [-0.39, 0.29) is 18.5 Å². The van der Waals surface area contributed by atoms with Crippen molar-refractivity contribution in [3.63, 3.8) is 0 Å². The van der Waals surface area contributed by atoms with E-state index in [0.29, 0.717) is 19.8 Å². The van der Waals surface area contributed by atoms with Gasteiger partial charge in [-0.2, -0.15) is 5.10 Å². The number of amides is 1. The highest BCUT2D eigenvalue weighted by atomic mass is 16.5. The fourth-order valence-corrected chi connectivity index (χ4v) is 1.73. The predicted molar refractivity (Wildman–Crippen MR) is 52.9 cm³/mol. The fourth-order valence-electron chi connectivity index (χ4n) is 1.73. The van der Waals surface area contributed by atoms with Crippen LogP contribution in [-0.4, -0.2) is 47.3 Å². The minimum Gasteiger partial charge on any atom is -0.377 e. The highest BCUT2D eigenvalue weighted by Gasteiger charge is 2.28. The number of nitrogens with one attached hydrogen (secondary N) is 1. The van der Waals surface area contributed by atoms with Gasteiger partial charge in [-0.25, -0.2) is 0 Å². The van der Waals surface area contributed by atoms with Crippen LogP contribution in [0.1, 0.15) is 11.7 Å². The molecule has 1 atom stereocenters. The third-order valence-corrected chi connectivity index (χ3v) is 2.50. The molecular weight excluding hydrogens is 196 g/mol. The minimum absolute atomic E-state index is 0.0324. The van der Waals surface area contributed by atoms with Crippen molar-refractivity contribution >= 4 is 5.91 Å². The summed E-state index contributed by atoms with van der Waals surface area (Å²) in [5.74, 6) is -0.0575. The van der Waals surface area contributed by atoms with Crippen molar-refractivity contribution in [2.75, 3.05) is 26.3 Å². The molecule has 0 spiro atoms. The molecular formula is C9H14N4O2. The van der Waals surface area contributed by atoms with Crippen molar-refractivity contribution in [1.29, 1.82) is 0 Å². The van der Waals surface area contributed by atoms with Crippen LogP contribution in [0.5, 0.6) is 0 Å². The Bertz CT molecular complexity index is 325. The number of hydrogen-bond donors (Lipinski definition) is 2. The Morgan fingerprint density at radius 2 is 2.67 bits per heavy atom. The van der Waals surface area contributed by atoms with Crippen molar-refractivity contribution in [1.82, 2.24) is 15.1 Å². The number of carbonyl (C=O) groups is 1. The van der Waals surface area contributed by atoms with Crippen LogP contribution in [0.2, 0.25) is 0 Å². The van der Waals surface area contributed by atoms with E-state index in [0.717, 1.165) is 5.69 Å². The average Bonchev–Trinajstić information content (AvgIpc) is 2.81. The quantitative estimate of drug-likeness (QED) is 0.674. The Labute approximate surface area is 87.4 Å². The monoisotopic (exact) mass is 210 g/mol. The molecule has 6 heteroatoms. The first-order valence-electron chi connectivity index (χ1n) is 4.89. The molecule has 0 unspecified atom stereocenters. The molecule has 2 heterocycles. The lowest BCUT2D eigenvalue weighted by molar-refractivity contribution is -0.138. The Balaban J connectivity index is 2.16. The van der Waals surface area contributed by atoms with Crippen molar-refractivity contribution in [2.45, 2.75) is 6.04 Å². The Hall–Kier alpha value is -1.40. The summed E-state index contributed by atoms with van der Waals surface area (Å²) in [4.78, 5) is 13.3. The molecule has 6 nitrogen and oxygen atoms in total. The van der Waals surface area contributed by atoms with Gasteiger partial charge in [-0.1, -0.05) is 0 Å². The molecule has 0 bridgehead atoms. The second kappa shape index (κ2) is 4.41. The second-order valence-corrected chi connectivity index (χ2v) is 3.39. The van der Waals surface area contributed by atoms with E-state index in [1.807, 2.05) is 6.07 Å². The van der Waals surface area contributed by atoms with Gasteiger partial charge in [-0.3, -0.25) is 9.89 Å². The third-order valence-electron chi connectivity index (χ3n) is 2.50. The third kappa shape index (κ3) is 2.00. The number of nitrogens with zero attached hydrogens (tertiary/aromatic N) is 2. The number of aromatic amines is 1. The van der Waals surface area contributed by atoms with Gasteiger partial charge in [-0.05, 0) is 6.07 Å². The lowest BCUT2D eigenvalue weighted by Gasteiger charge is -2.34. The molecule has 82 valence electrons. The van der Waals surface area contributed by atoms with Crippen molar-refractivity contribution in [3.8, 4) is 0 Å². The van der Waals surface area contributed by atoms with Crippen LogP contribution in [-0.2, 0) is 9.53 Å². The fraction of sp³-hybridized carbons (Fsp3) is 0.556. The molecule has 15 heavy (non-hydrogen) atoms. The molecule has 1 aliphatic heterocycles. The van der Waals surface area contributed by atoms with Crippen LogP contribution in [0.25, 0.3) is 0 Å². The zero-order valence-electron chi connectivity index (χ0n) is 8.35. The topological polar surface area (TPSA) is 84.2 Å². The van der Waals surface area contributed by atoms with Gasteiger partial charge >= 0.3 is 0 Å². The van der Waals surface area contributed by atoms with Gasteiger partial charge in [0.15, 0.2) is 0 Å². The molecule has 1 aliphatic rings. The van der Waals surface area contributed by atoms with E-state index in [9.17, 15) is 4.79 Å². The van der Waals surface area contributed by atoms with Gasteiger partial charge < -0.3 is 15.4 Å². The van der Waals surface area contributed by atoms with Crippen molar-refractivity contribution < 1.29 is 9.53 Å². The first-order chi connectivity index (χ1) is 7.33. The molecule has 1 amide bonds. The summed E-state index contributed by atoms with van der Waals surface area (Å²) in [6, 6.07) is 1.76. The Kier molecular flexibility index (Phi) is 2.98. The van der Waals surface area contributed by atoms with Crippen molar-refractivity contribution in [3.05, 3.63) is 18.0 Å². The molecule has 1 saturated heterocycles. The SMILES string of the molecule is NCC(=O)N1CCOC[C@@H]1c1ccn[nH]1. The van der Waals surface area contributed by atoms with E-state index in [4.69, 9.17) is 10.5 Å². The summed E-state index contributed by atoms with van der Waals surface area (Å²) in [7, 11) is 0. The van der Waals surface area contributed by atoms with E-state index in [2.05, 4.69) is 10.2 Å². The van der Waals surface area contributed by atoms with Crippen LogP contribution in [0.15, 0.2) is 12.3 Å². The van der Waals surface area contributed by atoms with E-state index >= 15 is 0 Å². The van der Waals surface area contributed by atoms with Gasteiger partial charge in [0, 0.05) is 12.7 Å². The van der Waals surface area contributed by atoms with E-state index in [1.165, 1.54) is 0 Å². The molecule has 2 rings (SSSR count). The molecule has 0 saturated carbocycles. The molecule has 0 aromatic carbocycles. The molecule has 1 fully saturated rings. The lowest BCUT2D eigenvalue weighted by atomic mass is 10.1. The maximum atomic E-state index is 11.6. The van der Waals surface area contributed by atoms with Crippen LogP contribution in [0, 0.1) is 0 Å². The number of rotatable bonds is 2. The largest absolute Gasteiger partial charge is 0.377 e. The van der Waals surface area contributed by atoms with Gasteiger partial charge in [0.05, 0.1) is 31.5 Å². The van der Waals surface area contributed by atoms with Gasteiger partial charge in [0.1, 0.15) is 0 Å². The van der Waals surface area contributed by atoms with Gasteiger partial charge in [-0.15, -0.1) is 0 Å². The molecule has 3 N–H and O–H groups in total. The van der Waals surface area contributed by atoms with Crippen molar-refractivity contribution in [2.24, 2.45) is 5.73 Å². The smallest absolute Gasteiger partial charge is 0.237 e. The summed E-state index contributed by atoms with van der Waals surface area (Å²) in [5, 5.41) is 6.72. The standard InChI is InChI=1S/C9H14N4O2/c10-5-9(14)13-3-4-15-6-8(13)7-1-2-11-12-7/h1-2,8H,3-6,10H2,(H,11,12)/t8-/m1/s1. The number of nitrogens with two attached hydrogens (primary N) is 1. The normalized spacial score (nSPS) is 21.7. The molecule has 1 aromatic rings. The average molecular weight is 210 g/mol. The maximum Gasteiger partial charge on any atom is 0.237 e. The highest BCUT2D eigenvalue weighted by Crippen LogP contribution is 2.21. The zero-order valence-corrected chi connectivity index (χ0v) is 8.35. The van der Waals surface area contributed by atoms with Crippen LogP contribution >= 0.6 is 0 Å². The number of hydrogen-bond acceptors (Lipinski definition) is 4. The minimum atomic E-state index is -0.0858. The number of morpholine rings is 1. The van der Waals surface area contributed by atoms with Crippen LogP contribution < -0.4 is 5.73 Å². The molecule has 1 aromatic heterocycles. The summed E-state index contributed by atoms with van der Waals surface area (Å²) in [5.41, 5.74) is 6.25. The van der Waals surface area contributed by atoms with Gasteiger partial charge in [0.2, 0.25) is 5.91 Å². The number of carbonyl (C=O) groups excluding carboxylic acids is 1. The lowest BCUT2D eigenvalue weighted by Crippen LogP contribution is -2.46. The summed E-state index contributed by atoms with van der Waals surface area (Å²) >= 11 is 0. The maximum absolute atomic E-state index is 11.6. The summed E-state index contributed by atoms with van der Waals surface area (Å²) < 4.78 is 5.35.